The predicted octanol–water partition coefficient (Wildman–Crippen LogP) is 2.08. The van der Waals surface area contributed by atoms with Crippen molar-refractivity contribution in [2.75, 3.05) is 31.7 Å². The van der Waals surface area contributed by atoms with Crippen LogP contribution in [0.4, 0.5) is 5.69 Å². The minimum absolute atomic E-state index is 0.0567. The van der Waals surface area contributed by atoms with Gasteiger partial charge in [0.05, 0.1) is 31.3 Å². The van der Waals surface area contributed by atoms with Crippen LogP contribution in [0.1, 0.15) is 18.2 Å². The lowest BCUT2D eigenvalue weighted by atomic mass is 10.0. The fraction of sp³-hybridized carbons (Fsp3) is 0.412. The van der Waals surface area contributed by atoms with E-state index in [4.69, 9.17) is 4.74 Å². The topological polar surface area (TPSA) is 62.7 Å². The molecule has 0 aliphatic rings. The summed E-state index contributed by atoms with van der Waals surface area (Å²) in [7, 11) is 1.39. The van der Waals surface area contributed by atoms with Gasteiger partial charge in [0.25, 0.3) is 0 Å². The second-order valence-corrected chi connectivity index (χ2v) is 5.10. The highest BCUT2D eigenvalue weighted by Gasteiger charge is 2.19. The summed E-state index contributed by atoms with van der Waals surface area (Å²) in [4.78, 5) is 18.5. The van der Waals surface area contributed by atoms with Gasteiger partial charge in [0, 0.05) is 29.7 Å². The van der Waals surface area contributed by atoms with E-state index in [2.05, 4.69) is 9.88 Å². The molecule has 1 aromatic heterocycles. The second-order valence-electron chi connectivity index (χ2n) is 5.10. The number of fused-ring (bicyclic) bond motifs is 1. The monoisotopic (exact) mass is 302 g/mol. The molecule has 0 saturated heterocycles. The van der Waals surface area contributed by atoms with Gasteiger partial charge in [-0.15, -0.1) is 0 Å². The largest absolute Gasteiger partial charge is 0.469 e. The van der Waals surface area contributed by atoms with Crippen LogP contribution in [0, 0.1) is 6.92 Å². The van der Waals surface area contributed by atoms with E-state index in [0.29, 0.717) is 6.54 Å². The van der Waals surface area contributed by atoms with Crippen LogP contribution >= 0.6 is 0 Å². The Morgan fingerprint density at radius 3 is 2.73 bits per heavy atom. The summed E-state index contributed by atoms with van der Waals surface area (Å²) in [6, 6.07) is 7.86. The SMILES string of the molecule is CCN(CCO)c1c(CC(=O)OC)c(C)nc2ccccc12. The number of anilines is 1. The van der Waals surface area contributed by atoms with E-state index in [1.54, 1.807) is 0 Å². The number of pyridine rings is 1. The van der Waals surface area contributed by atoms with Crippen LogP contribution in [0.5, 0.6) is 0 Å². The molecule has 0 atom stereocenters. The number of aromatic nitrogens is 1. The maximum Gasteiger partial charge on any atom is 0.310 e. The number of methoxy groups -OCH3 is 1. The van der Waals surface area contributed by atoms with Crippen molar-refractivity contribution in [3.8, 4) is 0 Å². The van der Waals surface area contributed by atoms with E-state index in [9.17, 15) is 9.90 Å². The van der Waals surface area contributed by atoms with Gasteiger partial charge in [-0.25, -0.2) is 0 Å². The molecule has 1 aromatic carbocycles. The standard InChI is InChI=1S/C17H22N2O3/c1-4-19(9-10-20)17-13-7-5-6-8-15(13)18-12(2)14(17)11-16(21)22-3/h5-8,20H,4,9-11H2,1-3H3. The third-order valence-corrected chi connectivity index (χ3v) is 3.79. The number of aliphatic hydroxyl groups is 1. The van der Waals surface area contributed by atoms with Gasteiger partial charge >= 0.3 is 5.97 Å². The minimum atomic E-state index is -0.290. The number of hydrogen-bond acceptors (Lipinski definition) is 5. The van der Waals surface area contributed by atoms with Gasteiger partial charge in [0.1, 0.15) is 0 Å². The summed E-state index contributed by atoms with van der Waals surface area (Å²) >= 11 is 0. The van der Waals surface area contributed by atoms with Crippen molar-refractivity contribution < 1.29 is 14.6 Å². The zero-order valence-electron chi connectivity index (χ0n) is 13.3. The number of hydrogen-bond donors (Lipinski definition) is 1. The summed E-state index contributed by atoms with van der Waals surface area (Å²) in [6.45, 7) is 5.24. The number of carbonyl (C=O) groups is 1. The lowest BCUT2D eigenvalue weighted by molar-refractivity contribution is -0.139. The number of nitrogens with zero attached hydrogens (tertiary/aromatic N) is 2. The zero-order chi connectivity index (χ0) is 16.1. The Hall–Kier alpha value is -2.14. The van der Waals surface area contributed by atoms with E-state index in [1.165, 1.54) is 7.11 Å². The van der Waals surface area contributed by atoms with Crippen LogP contribution in [0.2, 0.25) is 0 Å². The van der Waals surface area contributed by atoms with Crippen LogP contribution in [0.25, 0.3) is 10.9 Å². The number of aliphatic hydroxyl groups excluding tert-OH is 1. The van der Waals surface area contributed by atoms with E-state index >= 15 is 0 Å². The summed E-state index contributed by atoms with van der Waals surface area (Å²) in [5.74, 6) is -0.290. The van der Waals surface area contributed by atoms with Gasteiger partial charge in [-0.1, -0.05) is 18.2 Å². The van der Waals surface area contributed by atoms with Crippen molar-refractivity contribution >= 4 is 22.6 Å². The molecule has 118 valence electrons. The summed E-state index contributed by atoms with van der Waals surface area (Å²) in [6.07, 6.45) is 0.178. The fourth-order valence-electron chi connectivity index (χ4n) is 2.69. The average Bonchev–Trinajstić information content (AvgIpc) is 2.53. The number of para-hydroxylation sites is 1. The molecular weight excluding hydrogens is 280 g/mol. The Labute approximate surface area is 130 Å². The van der Waals surface area contributed by atoms with Crippen LogP contribution < -0.4 is 4.90 Å². The van der Waals surface area contributed by atoms with Gasteiger partial charge in [-0.3, -0.25) is 9.78 Å². The van der Waals surface area contributed by atoms with Crippen molar-refractivity contribution in [3.05, 3.63) is 35.5 Å². The quantitative estimate of drug-likeness (QED) is 0.828. The highest BCUT2D eigenvalue weighted by atomic mass is 16.5. The Morgan fingerprint density at radius 2 is 2.09 bits per heavy atom. The van der Waals surface area contributed by atoms with Crippen molar-refractivity contribution in [1.82, 2.24) is 4.98 Å². The highest BCUT2D eigenvalue weighted by molar-refractivity contribution is 5.95. The van der Waals surface area contributed by atoms with E-state index in [-0.39, 0.29) is 19.0 Å². The number of aryl methyl sites for hydroxylation is 1. The molecule has 1 N–H and O–H groups in total. The third kappa shape index (κ3) is 3.20. The normalized spacial score (nSPS) is 10.7. The lowest BCUT2D eigenvalue weighted by Crippen LogP contribution is -2.28. The number of esters is 1. The Kier molecular flexibility index (Phi) is 5.33. The maximum atomic E-state index is 11.8. The first-order chi connectivity index (χ1) is 10.6. The van der Waals surface area contributed by atoms with Gasteiger partial charge < -0.3 is 14.7 Å². The summed E-state index contributed by atoms with van der Waals surface area (Å²) < 4.78 is 4.81. The Bertz CT molecular complexity index is 670. The van der Waals surface area contributed by atoms with Gasteiger partial charge in [0.2, 0.25) is 0 Å². The molecule has 1 heterocycles. The molecule has 5 nitrogen and oxygen atoms in total. The molecular formula is C17H22N2O3. The molecule has 22 heavy (non-hydrogen) atoms. The smallest absolute Gasteiger partial charge is 0.310 e. The number of rotatable bonds is 6. The average molecular weight is 302 g/mol. The van der Waals surface area contributed by atoms with Crippen LogP contribution in [0.15, 0.2) is 24.3 Å². The van der Waals surface area contributed by atoms with Crippen molar-refractivity contribution in [2.45, 2.75) is 20.3 Å². The van der Waals surface area contributed by atoms with Gasteiger partial charge in [0.15, 0.2) is 0 Å². The van der Waals surface area contributed by atoms with Crippen molar-refractivity contribution in [3.63, 3.8) is 0 Å². The molecule has 0 amide bonds. The van der Waals surface area contributed by atoms with E-state index in [0.717, 1.165) is 34.4 Å². The zero-order valence-corrected chi connectivity index (χ0v) is 13.3. The molecule has 0 spiro atoms. The molecule has 0 aliphatic carbocycles. The first kappa shape index (κ1) is 16.2. The first-order valence-electron chi connectivity index (χ1n) is 7.43. The number of ether oxygens (including phenoxy) is 1. The minimum Gasteiger partial charge on any atom is -0.469 e. The molecule has 0 unspecified atom stereocenters. The van der Waals surface area contributed by atoms with Crippen LogP contribution in [-0.2, 0) is 16.0 Å². The Balaban J connectivity index is 2.69. The van der Waals surface area contributed by atoms with Gasteiger partial charge in [-0.2, -0.15) is 0 Å². The highest BCUT2D eigenvalue weighted by Crippen LogP contribution is 2.32. The third-order valence-electron chi connectivity index (χ3n) is 3.79. The summed E-state index contributed by atoms with van der Waals surface area (Å²) in [5.41, 5.74) is 3.53. The molecule has 0 bridgehead atoms. The molecule has 5 heteroatoms. The van der Waals surface area contributed by atoms with E-state index in [1.807, 2.05) is 38.1 Å². The molecule has 0 radical (unpaired) electrons. The second kappa shape index (κ2) is 7.22. The maximum absolute atomic E-state index is 11.8. The van der Waals surface area contributed by atoms with Crippen molar-refractivity contribution in [1.29, 1.82) is 0 Å². The number of carbonyl (C=O) groups excluding carboxylic acids is 1. The number of likely N-dealkylation sites (N-methyl/N-ethyl adjacent to an activating group) is 1. The predicted molar refractivity (Wildman–Crippen MR) is 87.2 cm³/mol. The van der Waals surface area contributed by atoms with Gasteiger partial charge in [-0.05, 0) is 19.9 Å². The van der Waals surface area contributed by atoms with Crippen LogP contribution in [0.3, 0.4) is 0 Å². The molecule has 2 aromatic rings. The first-order valence-corrected chi connectivity index (χ1v) is 7.43. The fourth-order valence-corrected chi connectivity index (χ4v) is 2.69. The van der Waals surface area contributed by atoms with Crippen molar-refractivity contribution in [2.24, 2.45) is 0 Å². The van der Waals surface area contributed by atoms with E-state index < -0.39 is 0 Å². The summed E-state index contributed by atoms with van der Waals surface area (Å²) in [5, 5.41) is 10.3. The van der Waals surface area contributed by atoms with Crippen LogP contribution in [-0.4, -0.2) is 42.9 Å². The molecule has 0 fully saturated rings. The number of benzene rings is 1. The molecule has 2 rings (SSSR count). The molecule has 0 saturated carbocycles. The molecule has 0 aliphatic heterocycles. The Morgan fingerprint density at radius 1 is 1.36 bits per heavy atom. The lowest BCUT2D eigenvalue weighted by Gasteiger charge is -2.27.